The summed E-state index contributed by atoms with van der Waals surface area (Å²) in [4.78, 5) is 33.3. The van der Waals surface area contributed by atoms with Crippen LogP contribution in [0.25, 0.3) is 0 Å². The Morgan fingerprint density at radius 3 is 2.29 bits per heavy atom. The topological polar surface area (TPSA) is 153 Å². The first-order valence-electron chi connectivity index (χ1n) is 10.2. The second kappa shape index (κ2) is 12.4. The second-order valence-corrected chi connectivity index (χ2v) is 8.89. The van der Waals surface area contributed by atoms with Crippen LogP contribution in [0, 0.1) is 10.1 Å². The van der Waals surface area contributed by atoms with Crippen LogP contribution in [0.1, 0.15) is 16.8 Å². The van der Waals surface area contributed by atoms with Gasteiger partial charge in [0.15, 0.2) is 0 Å². The van der Waals surface area contributed by atoms with Crippen molar-refractivity contribution in [2.45, 2.75) is 17.4 Å². The van der Waals surface area contributed by atoms with Gasteiger partial charge in [-0.1, -0.05) is 18.2 Å². The number of hydrogen-bond acceptors (Lipinski definition) is 8. The molecule has 12 heteroatoms. The van der Waals surface area contributed by atoms with Gasteiger partial charge in [-0.25, -0.2) is 13.2 Å². The number of nitro benzene ring substituents is 1. The zero-order valence-electron chi connectivity index (χ0n) is 18.8. The van der Waals surface area contributed by atoms with Crippen LogP contribution in [0.3, 0.4) is 0 Å². The maximum atomic E-state index is 13.3. The SMILES string of the molecule is C=CCC(C(=O)OC)N(C/C=C\COc1ccc(C(=O)O)cc1)S(=O)(=O)c1ccc([N+](=O)[O-])cc1. The van der Waals surface area contributed by atoms with E-state index in [9.17, 15) is 28.1 Å². The van der Waals surface area contributed by atoms with E-state index >= 15 is 0 Å². The fourth-order valence-corrected chi connectivity index (χ4v) is 4.52. The lowest BCUT2D eigenvalue weighted by molar-refractivity contribution is -0.384. The number of nitrogens with zero attached hydrogens (tertiary/aromatic N) is 2. The van der Waals surface area contributed by atoms with Crippen LogP contribution in [-0.4, -0.2) is 61.0 Å². The van der Waals surface area contributed by atoms with Crippen molar-refractivity contribution in [2.75, 3.05) is 20.3 Å². The summed E-state index contributed by atoms with van der Waals surface area (Å²) >= 11 is 0. The molecule has 0 heterocycles. The molecule has 0 amide bonds. The molecule has 0 radical (unpaired) electrons. The van der Waals surface area contributed by atoms with Gasteiger partial charge in [0.25, 0.3) is 5.69 Å². The van der Waals surface area contributed by atoms with Crippen LogP contribution in [0.2, 0.25) is 0 Å². The minimum atomic E-state index is -4.26. The number of carboxylic acids is 1. The second-order valence-electron chi connectivity index (χ2n) is 7.00. The highest BCUT2D eigenvalue weighted by molar-refractivity contribution is 7.89. The quantitative estimate of drug-likeness (QED) is 0.188. The highest BCUT2D eigenvalue weighted by atomic mass is 32.2. The Hall–Kier alpha value is -4.03. The standard InChI is InChI=1S/C23H24N2O9S/c1-3-6-21(23(28)33-2)24(35(31,32)20-13-9-18(10-14-20)25(29)30)15-4-5-16-34-19-11-7-17(8-12-19)22(26)27/h3-5,7-14,21H,1,6,15-16H2,2H3,(H,26,27)/b5-4-. The Balaban J connectivity index is 2.23. The Kier molecular flexibility index (Phi) is 9.67. The zero-order chi connectivity index (χ0) is 26.0. The first-order chi connectivity index (χ1) is 16.6. The molecule has 0 fully saturated rings. The Bertz CT molecular complexity index is 1190. The minimum absolute atomic E-state index is 0.0286. The molecule has 1 unspecified atom stereocenters. The summed E-state index contributed by atoms with van der Waals surface area (Å²) < 4.78 is 37.8. The van der Waals surface area contributed by atoms with E-state index in [0.29, 0.717) is 5.75 Å². The zero-order valence-corrected chi connectivity index (χ0v) is 19.6. The van der Waals surface area contributed by atoms with E-state index in [-0.39, 0.29) is 35.7 Å². The fraction of sp³-hybridized carbons (Fsp3) is 0.217. The molecule has 2 aromatic rings. The Morgan fingerprint density at radius 1 is 1.14 bits per heavy atom. The Labute approximate surface area is 202 Å². The summed E-state index contributed by atoms with van der Waals surface area (Å²) in [7, 11) is -3.12. The van der Waals surface area contributed by atoms with Crippen LogP contribution in [0.5, 0.6) is 5.75 Å². The van der Waals surface area contributed by atoms with Gasteiger partial charge in [-0.2, -0.15) is 4.31 Å². The third-order valence-corrected chi connectivity index (χ3v) is 6.65. The van der Waals surface area contributed by atoms with Gasteiger partial charge in [-0.15, -0.1) is 6.58 Å². The average Bonchev–Trinajstić information content (AvgIpc) is 2.84. The maximum absolute atomic E-state index is 13.3. The number of ether oxygens (including phenoxy) is 2. The lowest BCUT2D eigenvalue weighted by Crippen LogP contribution is -2.45. The number of benzene rings is 2. The number of aromatic carboxylic acids is 1. The summed E-state index contributed by atoms with van der Waals surface area (Å²) in [6, 6.07) is 8.83. The summed E-state index contributed by atoms with van der Waals surface area (Å²) in [5.41, 5.74) is -0.171. The third-order valence-electron chi connectivity index (χ3n) is 4.76. The molecule has 0 aliphatic rings. The highest BCUT2D eigenvalue weighted by Crippen LogP contribution is 2.23. The molecule has 2 rings (SSSR count). The van der Waals surface area contributed by atoms with Crippen molar-refractivity contribution in [2.24, 2.45) is 0 Å². The van der Waals surface area contributed by atoms with Gasteiger partial charge < -0.3 is 14.6 Å². The molecule has 1 atom stereocenters. The first kappa shape index (κ1) is 27.2. The van der Waals surface area contributed by atoms with Crippen LogP contribution >= 0.6 is 0 Å². The number of methoxy groups -OCH3 is 1. The average molecular weight is 505 g/mol. The lowest BCUT2D eigenvalue weighted by Gasteiger charge is -2.27. The molecular weight excluding hydrogens is 480 g/mol. The number of hydrogen-bond donors (Lipinski definition) is 1. The normalized spacial score (nSPS) is 12.3. The van der Waals surface area contributed by atoms with Gasteiger partial charge in [-0.3, -0.25) is 14.9 Å². The molecule has 0 aliphatic heterocycles. The molecule has 0 aliphatic carbocycles. The van der Waals surface area contributed by atoms with Crippen molar-refractivity contribution >= 4 is 27.6 Å². The van der Waals surface area contributed by atoms with Crippen molar-refractivity contribution in [3.8, 4) is 5.75 Å². The number of carbonyl (C=O) groups is 2. The van der Waals surface area contributed by atoms with Crippen LogP contribution in [0.4, 0.5) is 5.69 Å². The molecular formula is C23H24N2O9S. The van der Waals surface area contributed by atoms with Crippen molar-refractivity contribution in [1.82, 2.24) is 4.31 Å². The number of carboxylic acid groups (broad SMARTS) is 1. The van der Waals surface area contributed by atoms with E-state index in [1.807, 2.05) is 0 Å². The number of non-ortho nitro benzene ring substituents is 1. The van der Waals surface area contributed by atoms with E-state index in [2.05, 4.69) is 6.58 Å². The first-order valence-corrected chi connectivity index (χ1v) is 11.6. The molecule has 0 spiro atoms. The summed E-state index contributed by atoms with van der Waals surface area (Å²) in [5, 5.41) is 19.8. The smallest absolute Gasteiger partial charge is 0.335 e. The molecule has 11 nitrogen and oxygen atoms in total. The summed E-state index contributed by atoms with van der Waals surface area (Å²) in [6.07, 6.45) is 4.37. The molecule has 2 aromatic carbocycles. The summed E-state index contributed by atoms with van der Waals surface area (Å²) in [5.74, 6) is -1.45. The van der Waals surface area contributed by atoms with Crippen molar-refractivity contribution in [3.05, 3.63) is 89.0 Å². The van der Waals surface area contributed by atoms with Crippen LogP contribution in [0.15, 0.2) is 78.2 Å². The third kappa shape index (κ3) is 7.22. The fourth-order valence-electron chi connectivity index (χ4n) is 2.98. The van der Waals surface area contributed by atoms with Crippen LogP contribution in [-0.2, 0) is 19.6 Å². The van der Waals surface area contributed by atoms with Gasteiger partial charge >= 0.3 is 11.9 Å². The van der Waals surface area contributed by atoms with E-state index in [0.717, 1.165) is 35.7 Å². The van der Waals surface area contributed by atoms with E-state index in [4.69, 9.17) is 14.6 Å². The predicted molar refractivity (Wildman–Crippen MR) is 126 cm³/mol. The minimum Gasteiger partial charge on any atom is -0.490 e. The van der Waals surface area contributed by atoms with Gasteiger partial charge in [0.2, 0.25) is 10.0 Å². The molecule has 0 saturated heterocycles. The van der Waals surface area contributed by atoms with E-state index in [1.54, 1.807) is 0 Å². The maximum Gasteiger partial charge on any atom is 0.335 e. The molecule has 0 bridgehead atoms. The van der Waals surface area contributed by atoms with Crippen LogP contribution < -0.4 is 4.74 Å². The number of rotatable bonds is 13. The molecule has 0 aromatic heterocycles. The largest absolute Gasteiger partial charge is 0.490 e. The summed E-state index contributed by atoms with van der Waals surface area (Å²) in [6.45, 7) is 3.38. The molecule has 35 heavy (non-hydrogen) atoms. The van der Waals surface area contributed by atoms with Crippen molar-refractivity contribution < 1.29 is 37.5 Å². The number of esters is 1. The van der Waals surface area contributed by atoms with Crippen molar-refractivity contribution in [3.63, 3.8) is 0 Å². The number of sulfonamides is 1. The molecule has 186 valence electrons. The van der Waals surface area contributed by atoms with Gasteiger partial charge in [-0.05, 0) is 42.8 Å². The molecule has 1 N–H and O–H groups in total. The van der Waals surface area contributed by atoms with E-state index < -0.39 is 32.9 Å². The van der Waals surface area contributed by atoms with Crippen molar-refractivity contribution in [1.29, 1.82) is 0 Å². The Morgan fingerprint density at radius 2 is 1.77 bits per heavy atom. The van der Waals surface area contributed by atoms with E-state index in [1.165, 1.54) is 42.5 Å². The number of nitro groups is 1. The molecule has 0 saturated carbocycles. The predicted octanol–water partition coefficient (Wildman–Crippen LogP) is 3.04. The van der Waals surface area contributed by atoms with Gasteiger partial charge in [0, 0.05) is 18.7 Å². The van der Waals surface area contributed by atoms with Gasteiger partial charge in [0.1, 0.15) is 18.4 Å². The number of carbonyl (C=O) groups excluding carboxylic acids is 1. The highest BCUT2D eigenvalue weighted by Gasteiger charge is 2.35. The lowest BCUT2D eigenvalue weighted by atomic mass is 10.2. The van der Waals surface area contributed by atoms with Gasteiger partial charge in [0.05, 0.1) is 22.5 Å². The monoisotopic (exact) mass is 504 g/mol.